The number of carbonyl (C=O) groups is 1. The quantitative estimate of drug-likeness (QED) is 0.417. The summed E-state index contributed by atoms with van der Waals surface area (Å²) >= 11 is 3.51. The van der Waals surface area contributed by atoms with Crippen LogP contribution in [0.15, 0.2) is 59.5 Å². The van der Waals surface area contributed by atoms with Crippen molar-refractivity contribution in [3.8, 4) is 11.3 Å². The van der Waals surface area contributed by atoms with Crippen molar-refractivity contribution in [3.63, 3.8) is 0 Å². The molecule has 0 saturated heterocycles. The largest absolute Gasteiger partial charge is 0.462 e. The number of hydrogen-bond donors (Lipinski definition) is 1. The molecule has 0 aliphatic heterocycles. The minimum absolute atomic E-state index is 0.311. The number of hydrogen-bond acceptors (Lipinski definition) is 6. The first-order valence-electron chi connectivity index (χ1n) is 9.52. The van der Waals surface area contributed by atoms with Gasteiger partial charge >= 0.3 is 5.97 Å². The molecule has 4 aromatic rings. The first kappa shape index (κ1) is 20.0. The van der Waals surface area contributed by atoms with E-state index in [1.807, 2.05) is 43.6 Å². The van der Waals surface area contributed by atoms with Crippen LogP contribution in [0.25, 0.3) is 16.9 Å². The number of benzene rings is 1. The first-order chi connectivity index (χ1) is 14.6. The van der Waals surface area contributed by atoms with Gasteiger partial charge in [-0.3, -0.25) is 4.98 Å². The highest BCUT2D eigenvalue weighted by Crippen LogP contribution is 2.28. The Morgan fingerprint density at radius 1 is 1.20 bits per heavy atom. The Kier molecular flexibility index (Phi) is 5.76. The molecule has 0 bridgehead atoms. The van der Waals surface area contributed by atoms with Crippen LogP contribution in [0.5, 0.6) is 0 Å². The topological polar surface area (TPSA) is 81.4 Å². The molecule has 7 nitrogen and oxygen atoms in total. The summed E-state index contributed by atoms with van der Waals surface area (Å²) < 4.78 is 7.71. The summed E-state index contributed by atoms with van der Waals surface area (Å²) in [6, 6.07) is 11.3. The Labute approximate surface area is 182 Å². The molecule has 0 atom stereocenters. The van der Waals surface area contributed by atoms with Gasteiger partial charge in [-0.1, -0.05) is 24.3 Å². The molecule has 30 heavy (non-hydrogen) atoms. The number of anilines is 1. The fourth-order valence-electron chi connectivity index (χ4n) is 3.20. The van der Waals surface area contributed by atoms with Crippen LogP contribution >= 0.6 is 15.9 Å². The molecule has 0 radical (unpaired) electrons. The number of ether oxygens (including phenoxy) is 1. The van der Waals surface area contributed by atoms with Gasteiger partial charge in [0.1, 0.15) is 5.82 Å². The van der Waals surface area contributed by atoms with Crippen molar-refractivity contribution in [2.75, 3.05) is 11.9 Å². The lowest BCUT2D eigenvalue weighted by Crippen LogP contribution is -2.09. The van der Waals surface area contributed by atoms with E-state index in [-0.39, 0.29) is 5.97 Å². The van der Waals surface area contributed by atoms with Crippen LogP contribution in [-0.4, -0.2) is 32.2 Å². The van der Waals surface area contributed by atoms with E-state index in [1.165, 1.54) is 0 Å². The highest BCUT2D eigenvalue weighted by molar-refractivity contribution is 9.10. The van der Waals surface area contributed by atoms with Gasteiger partial charge in [0.15, 0.2) is 5.65 Å². The number of esters is 1. The van der Waals surface area contributed by atoms with E-state index in [9.17, 15) is 4.79 Å². The molecule has 8 heteroatoms. The van der Waals surface area contributed by atoms with Crippen LogP contribution in [0.1, 0.15) is 28.4 Å². The van der Waals surface area contributed by atoms with Crippen LogP contribution in [0.3, 0.4) is 0 Å². The summed E-state index contributed by atoms with van der Waals surface area (Å²) in [5.74, 6) is 0.378. The average molecular weight is 466 g/mol. The van der Waals surface area contributed by atoms with Gasteiger partial charge in [0, 0.05) is 30.6 Å². The lowest BCUT2D eigenvalue weighted by molar-refractivity contribution is 0.0527. The lowest BCUT2D eigenvalue weighted by Gasteiger charge is -2.13. The van der Waals surface area contributed by atoms with Gasteiger partial charge in [-0.05, 0) is 47.0 Å². The lowest BCUT2D eigenvalue weighted by atomic mass is 10.0. The van der Waals surface area contributed by atoms with Crippen molar-refractivity contribution in [1.29, 1.82) is 0 Å². The Balaban J connectivity index is 1.77. The number of pyridine rings is 1. The third-order valence-corrected chi connectivity index (χ3v) is 5.09. The molecule has 1 N–H and O–H groups in total. The predicted molar refractivity (Wildman–Crippen MR) is 118 cm³/mol. The second-order valence-corrected chi connectivity index (χ2v) is 7.60. The Morgan fingerprint density at radius 3 is 2.83 bits per heavy atom. The zero-order chi connectivity index (χ0) is 21.1. The molecule has 152 valence electrons. The second-order valence-electron chi connectivity index (χ2n) is 6.74. The summed E-state index contributed by atoms with van der Waals surface area (Å²) in [5.41, 5.74) is 4.63. The van der Waals surface area contributed by atoms with Crippen molar-refractivity contribution < 1.29 is 9.53 Å². The fraction of sp³-hybridized carbons (Fsp3) is 0.182. The van der Waals surface area contributed by atoms with E-state index < -0.39 is 0 Å². The molecular formula is C22H20BrN5O2. The molecule has 1 aromatic carbocycles. The number of rotatable bonds is 6. The number of nitrogens with zero attached hydrogens (tertiary/aromatic N) is 4. The summed E-state index contributed by atoms with van der Waals surface area (Å²) in [6.07, 6.45) is 5.35. The molecule has 3 heterocycles. The third-order valence-electron chi connectivity index (χ3n) is 4.53. The monoisotopic (exact) mass is 465 g/mol. The summed E-state index contributed by atoms with van der Waals surface area (Å²) in [5, 5.41) is 7.82. The highest BCUT2D eigenvalue weighted by Gasteiger charge is 2.17. The van der Waals surface area contributed by atoms with E-state index in [1.54, 1.807) is 23.7 Å². The van der Waals surface area contributed by atoms with E-state index in [0.29, 0.717) is 35.6 Å². The van der Waals surface area contributed by atoms with Gasteiger partial charge in [0.2, 0.25) is 0 Å². The average Bonchev–Trinajstić information content (AvgIpc) is 3.13. The van der Waals surface area contributed by atoms with Crippen molar-refractivity contribution >= 4 is 33.4 Å². The molecule has 4 rings (SSSR count). The number of nitrogens with one attached hydrogen (secondary N) is 1. The van der Waals surface area contributed by atoms with Crippen molar-refractivity contribution in [2.45, 2.75) is 20.4 Å². The summed E-state index contributed by atoms with van der Waals surface area (Å²) in [7, 11) is 0. The van der Waals surface area contributed by atoms with Crippen LogP contribution in [0, 0.1) is 6.92 Å². The maximum absolute atomic E-state index is 12.4. The van der Waals surface area contributed by atoms with Crippen LogP contribution < -0.4 is 5.32 Å². The number of fused-ring (bicyclic) bond motifs is 1. The molecule has 0 unspecified atom stereocenters. The van der Waals surface area contributed by atoms with E-state index >= 15 is 0 Å². The Bertz CT molecular complexity index is 1220. The van der Waals surface area contributed by atoms with Crippen LogP contribution in [-0.2, 0) is 11.3 Å². The molecule has 0 fully saturated rings. The zero-order valence-corrected chi connectivity index (χ0v) is 18.2. The van der Waals surface area contributed by atoms with Crippen molar-refractivity contribution in [1.82, 2.24) is 19.6 Å². The number of halogens is 1. The highest BCUT2D eigenvalue weighted by atomic mass is 79.9. The Morgan fingerprint density at radius 2 is 2.03 bits per heavy atom. The predicted octanol–water partition coefficient (Wildman–Crippen LogP) is 4.65. The van der Waals surface area contributed by atoms with E-state index in [2.05, 4.69) is 37.4 Å². The fourth-order valence-corrected chi connectivity index (χ4v) is 3.55. The van der Waals surface area contributed by atoms with Gasteiger partial charge in [0.25, 0.3) is 0 Å². The zero-order valence-electron chi connectivity index (χ0n) is 16.6. The number of carbonyl (C=O) groups excluding carboxylic acids is 1. The standard InChI is InChI=1S/C22H20BrN5O2/c1-3-30-22(29)17-7-5-4-6-16(17)19-9-20(28-21(27-19)18(23)13-26-28)25-12-15-8-14(2)10-24-11-15/h4-11,13,25H,3,12H2,1-2H3. The minimum Gasteiger partial charge on any atom is -0.462 e. The van der Waals surface area contributed by atoms with Crippen LogP contribution in [0.4, 0.5) is 5.82 Å². The number of aromatic nitrogens is 4. The van der Waals surface area contributed by atoms with Gasteiger partial charge in [0.05, 0.1) is 28.5 Å². The molecule has 0 saturated carbocycles. The van der Waals surface area contributed by atoms with Crippen molar-refractivity contribution in [2.24, 2.45) is 0 Å². The van der Waals surface area contributed by atoms with E-state index in [4.69, 9.17) is 9.72 Å². The minimum atomic E-state index is -0.373. The molecular weight excluding hydrogens is 446 g/mol. The van der Waals surface area contributed by atoms with Gasteiger partial charge in [-0.15, -0.1) is 0 Å². The molecule has 0 spiro atoms. The second kappa shape index (κ2) is 8.62. The molecule has 0 aliphatic rings. The molecule has 3 aromatic heterocycles. The smallest absolute Gasteiger partial charge is 0.338 e. The van der Waals surface area contributed by atoms with Crippen molar-refractivity contribution in [3.05, 3.63) is 76.2 Å². The maximum Gasteiger partial charge on any atom is 0.338 e. The van der Waals surface area contributed by atoms with Gasteiger partial charge in [-0.25, -0.2) is 9.78 Å². The van der Waals surface area contributed by atoms with Gasteiger partial charge in [-0.2, -0.15) is 9.61 Å². The Hall–Kier alpha value is -3.26. The summed E-state index contributed by atoms with van der Waals surface area (Å²) in [6.45, 7) is 4.68. The first-order valence-corrected chi connectivity index (χ1v) is 10.3. The SMILES string of the molecule is CCOC(=O)c1ccccc1-c1cc(NCc2cncc(C)c2)n2ncc(Br)c2n1. The molecule has 0 amide bonds. The maximum atomic E-state index is 12.4. The normalized spacial score (nSPS) is 10.9. The third kappa shape index (κ3) is 4.04. The molecule has 0 aliphatic carbocycles. The number of aryl methyl sites for hydroxylation is 1. The van der Waals surface area contributed by atoms with E-state index in [0.717, 1.165) is 21.4 Å². The van der Waals surface area contributed by atoms with Crippen LogP contribution in [0.2, 0.25) is 0 Å². The summed E-state index contributed by atoms with van der Waals surface area (Å²) in [4.78, 5) is 21.4. The van der Waals surface area contributed by atoms with Gasteiger partial charge < -0.3 is 10.1 Å².